The largest absolute Gasteiger partial charge is 0.480 e. The number of carboxylic acid groups (broad SMARTS) is 1. The van der Waals surface area contributed by atoms with Crippen molar-refractivity contribution in [1.82, 2.24) is 53.2 Å². The molecule has 27 nitrogen and oxygen atoms in total. The van der Waals surface area contributed by atoms with Crippen LogP contribution in [0, 0.1) is 0 Å². The minimum Gasteiger partial charge on any atom is -0.480 e. The van der Waals surface area contributed by atoms with Crippen molar-refractivity contribution in [3.8, 4) is 0 Å². The van der Waals surface area contributed by atoms with Gasteiger partial charge in [-0.1, -0.05) is 42.5 Å². The minimum absolute atomic E-state index is 0. The number of nitrogens with two attached hydrogens (primary N) is 4. The second kappa shape index (κ2) is 61.3. The van der Waals surface area contributed by atoms with Crippen molar-refractivity contribution < 1.29 is 62.4 Å². The molecule has 5 aliphatic heterocycles. The van der Waals surface area contributed by atoms with Crippen LogP contribution in [0.1, 0.15) is 243 Å². The van der Waals surface area contributed by atoms with Crippen molar-refractivity contribution in [2.45, 2.75) is 314 Å². The van der Waals surface area contributed by atoms with E-state index in [0.29, 0.717) is 38.4 Å². The van der Waals surface area contributed by atoms with E-state index in [1.54, 1.807) is 32.5 Å². The zero-order chi connectivity index (χ0) is 71.0. The molecule has 5 rings (SSSR count). The molecule has 7 atom stereocenters. The van der Waals surface area contributed by atoms with Crippen molar-refractivity contribution in [1.29, 1.82) is 0 Å². The summed E-state index contributed by atoms with van der Waals surface area (Å²) in [4.78, 5) is 78.4. The third kappa shape index (κ3) is 77.0. The summed E-state index contributed by atoms with van der Waals surface area (Å²) in [6, 6.07) is -0.00685. The van der Waals surface area contributed by atoms with Gasteiger partial charge in [-0.25, -0.2) is 24.0 Å². The zero-order valence-corrected chi connectivity index (χ0v) is 61.6. The van der Waals surface area contributed by atoms with Crippen molar-refractivity contribution >= 4 is 62.5 Å². The minimum atomic E-state index is -0.955. The highest BCUT2D eigenvalue weighted by atomic mass is 32.2. The maximum Gasteiger partial charge on any atom is 0.408 e. The molecule has 0 aromatic rings. The fourth-order valence-electron chi connectivity index (χ4n) is 8.39. The first kappa shape index (κ1) is 108. The highest BCUT2D eigenvalue weighted by Gasteiger charge is 2.27. The molecule has 0 aliphatic carbocycles. The van der Waals surface area contributed by atoms with Crippen LogP contribution in [0.3, 0.4) is 0 Å². The van der Waals surface area contributed by atoms with Gasteiger partial charge in [-0.15, -0.1) is 0 Å². The molecule has 5 unspecified atom stereocenters. The van der Waals surface area contributed by atoms with Gasteiger partial charge in [0.2, 0.25) is 5.91 Å². The summed E-state index contributed by atoms with van der Waals surface area (Å²) in [5.74, 6) is -1.09. The van der Waals surface area contributed by atoms with Gasteiger partial charge in [-0.2, -0.15) is 11.8 Å². The van der Waals surface area contributed by atoms with Gasteiger partial charge in [0.25, 0.3) is 0 Å². The highest BCUT2D eigenvalue weighted by molar-refractivity contribution is 7.97. The van der Waals surface area contributed by atoms with Gasteiger partial charge in [-0.3, -0.25) is 9.59 Å². The molecule has 6 amide bonds. The number of piperidine rings is 3. The monoisotopic (exact) mass is 1410 g/mol. The van der Waals surface area contributed by atoms with Gasteiger partial charge < -0.3 is 105 Å². The summed E-state index contributed by atoms with van der Waals surface area (Å²) in [6.07, 6.45) is 18.2. The predicted molar refractivity (Wildman–Crippen MR) is 404 cm³/mol. The average molecular weight is 1410 g/mol. The van der Waals surface area contributed by atoms with Crippen molar-refractivity contribution in [2.24, 2.45) is 22.9 Å². The van der Waals surface area contributed by atoms with E-state index in [-0.39, 0.29) is 92.6 Å². The van der Waals surface area contributed by atoms with Crippen LogP contribution < -0.4 is 76.1 Å². The molecule has 579 valence electrons. The molecule has 5 fully saturated rings. The number of hydrogen-bond donors (Lipinski definition) is 15. The predicted octanol–water partition coefficient (Wildman–Crippen LogP) is 8.97. The Balaban J connectivity index is -0.000000158. The Morgan fingerprint density at radius 2 is 0.722 bits per heavy atom. The number of rotatable bonds is 12. The van der Waals surface area contributed by atoms with E-state index in [9.17, 15) is 33.6 Å². The SMILES string of the molecule is C.C.C.C.CC(C)(C)OC(=O)NC1CCCNC1.CC(C)(C)OC(=O)NC1CCCNC1.CC(C)(C)OC(=O)NC1CCCNC1=O.CC(C)(C)OC(=O)N[C@@H]1CCCCNC1.CC(C)(C)OC(=O)N[C@H]1CCCCNC1.CC(N)CCCN.CSC.NCCCC(N)C(=O)O.[B]. The normalized spacial score (nSPS) is 19.5. The molecule has 5 aliphatic rings. The number of nitrogens with one attached hydrogen (secondary N) is 10. The quantitative estimate of drug-likeness (QED) is 0.0640. The van der Waals surface area contributed by atoms with Crippen LogP contribution >= 0.6 is 11.8 Å². The maximum absolute atomic E-state index is 11.5. The van der Waals surface area contributed by atoms with Crippen LogP contribution in [0.15, 0.2) is 0 Å². The van der Waals surface area contributed by atoms with Crippen LogP contribution in [-0.4, -0.2) is 211 Å². The second-order valence-electron chi connectivity index (χ2n) is 28.3. The molecule has 5 heterocycles. The Bertz CT molecular complexity index is 1860. The standard InChI is InChI=1S/2C11H22N2O2.C10H18N2O3.2C10H20N2O2.C5H12N2O2.C5H14N2.C2H6S.4CH4.B/c2*1-11(2,3)15-10(14)13-9-6-4-5-7-12-8-9;1-10(2,3)15-9(14)12-7-5-4-6-11-8(7)13;2*1-10(2,3)14-9(13)12-8-5-4-6-11-7-8;6-3-1-2-4(7)5(8)9;1-5(7)3-2-4-6;1-3-2;;;;;/h2*9,12H,4-8H2,1-3H3,(H,13,14);7H,4-6H2,1-3H3,(H,11,13)(H,12,14);2*8,11H,4-7H2,1-3H3,(H,12,13);4H,1-3,6-7H2,(H,8,9);5H,2-4,6-7H2,1H3;1-2H3;4*1H4;/t2*9-;;;;;;;;;;;/m10.........../s1. The summed E-state index contributed by atoms with van der Waals surface area (Å²) >= 11 is 1.75. The third-order valence-electron chi connectivity index (χ3n) is 12.4. The topological polar surface area (TPSA) is 410 Å². The lowest BCUT2D eigenvalue weighted by Crippen LogP contribution is -2.51. The fourth-order valence-corrected chi connectivity index (χ4v) is 8.39. The number of hydrogen-bond acceptors (Lipinski definition) is 21. The second-order valence-corrected chi connectivity index (χ2v) is 29.1. The van der Waals surface area contributed by atoms with Gasteiger partial charge in [-0.05, 0) is 252 Å². The molecular weight excluding hydrogens is 1260 g/mol. The van der Waals surface area contributed by atoms with Gasteiger partial charge >= 0.3 is 36.4 Å². The summed E-state index contributed by atoms with van der Waals surface area (Å²) in [7, 11) is 0. The molecule has 0 spiro atoms. The Hall–Kier alpha value is -4.62. The first-order valence-electron chi connectivity index (χ1n) is 33.3. The van der Waals surface area contributed by atoms with E-state index < -0.39 is 52.2 Å². The Morgan fingerprint density at radius 3 is 0.959 bits per heavy atom. The highest BCUT2D eigenvalue weighted by Crippen LogP contribution is 2.14. The van der Waals surface area contributed by atoms with Crippen LogP contribution in [-0.2, 0) is 33.3 Å². The number of aliphatic carboxylic acids is 1. The molecule has 0 bridgehead atoms. The first-order valence-corrected chi connectivity index (χ1v) is 34.9. The lowest BCUT2D eigenvalue weighted by molar-refractivity contribution is -0.138. The van der Waals surface area contributed by atoms with Crippen molar-refractivity contribution in [3.05, 3.63) is 0 Å². The summed E-state index contributed by atoms with van der Waals surface area (Å²) in [5.41, 5.74) is 18.7. The van der Waals surface area contributed by atoms with Gasteiger partial charge in [0.05, 0.1) is 0 Å². The van der Waals surface area contributed by atoms with E-state index in [2.05, 4.69) is 53.2 Å². The molecular formula is C68H150BN14O13S. The van der Waals surface area contributed by atoms with E-state index in [0.717, 1.165) is 130 Å². The molecule has 3 radical (unpaired) electrons. The number of carbonyl (C=O) groups excluding carboxylic acids is 6. The van der Waals surface area contributed by atoms with Crippen LogP contribution in [0.2, 0.25) is 0 Å². The number of carbonyl (C=O) groups is 7. The average Bonchev–Trinajstić information content (AvgIpc) is 1.25. The van der Waals surface area contributed by atoms with E-state index in [1.165, 1.54) is 12.8 Å². The molecule has 5 saturated heterocycles. The third-order valence-corrected chi connectivity index (χ3v) is 12.4. The maximum atomic E-state index is 11.5. The van der Waals surface area contributed by atoms with E-state index >= 15 is 0 Å². The summed E-state index contributed by atoms with van der Waals surface area (Å²) in [6.45, 7) is 39.3. The Morgan fingerprint density at radius 1 is 0.464 bits per heavy atom. The fraction of sp³-hybridized carbons (Fsp3) is 0.897. The molecule has 0 saturated carbocycles. The van der Waals surface area contributed by atoms with E-state index in [1.807, 2.05) is 103 Å². The van der Waals surface area contributed by atoms with Gasteiger partial charge in [0.1, 0.15) is 40.1 Å². The number of carboxylic acids is 1. The number of amides is 6. The van der Waals surface area contributed by atoms with Crippen molar-refractivity contribution in [3.63, 3.8) is 0 Å². The number of thioether (sulfide) groups is 1. The summed E-state index contributed by atoms with van der Waals surface area (Å²) < 4.78 is 25.8. The molecule has 0 aromatic heterocycles. The van der Waals surface area contributed by atoms with Crippen LogP contribution in [0.4, 0.5) is 24.0 Å². The number of ether oxygens (including phenoxy) is 5. The first-order chi connectivity index (χ1) is 42.6. The number of alkyl carbamates (subject to hydrolysis) is 5. The molecule has 19 N–H and O–H groups in total. The van der Waals surface area contributed by atoms with Crippen LogP contribution in [0.25, 0.3) is 0 Å². The Labute approximate surface area is 596 Å². The van der Waals surface area contributed by atoms with Gasteiger partial charge in [0.15, 0.2) is 0 Å². The van der Waals surface area contributed by atoms with Crippen LogP contribution in [0.5, 0.6) is 0 Å². The zero-order valence-electron chi connectivity index (χ0n) is 60.8. The lowest BCUT2D eigenvalue weighted by atomic mass is 10.1. The molecule has 0 aromatic carbocycles. The molecule has 29 heteroatoms. The Kier molecular flexibility index (Phi) is 68.4. The van der Waals surface area contributed by atoms with E-state index in [4.69, 9.17) is 51.7 Å². The smallest absolute Gasteiger partial charge is 0.408 e. The van der Waals surface area contributed by atoms with Crippen molar-refractivity contribution in [2.75, 3.05) is 84.5 Å². The summed E-state index contributed by atoms with van der Waals surface area (Å²) in [5, 5.41) is 38.0. The lowest BCUT2D eigenvalue weighted by Gasteiger charge is -2.26. The molecule has 97 heavy (non-hydrogen) atoms. The van der Waals surface area contributed by atoms with Gasteiger partial charge in [0, 0.05) is 71.3 Å².